The van der Waals surface area contributed by atoms with Gasteiger partial charge in [-0.1, -0.05) is 42.5 Å². The van der Waals surface area contributed by atoms with E-state index in [0.29, 0.717) is 26.3 Å². The molecule has 0 aromatic heterocycles. The van der Waals surface area contributed by atoms with E-state index >= 15 is 0 Å². The molecule has 3 rings (SSSR count). The van der Waals surface area contributed by atoms with Gasteiger partial charge in [-0.05, 0) is 41.4 Å². The van der Waals surface area contributed by atoms with Crippen LogP contribution < -0.4 is 4.74 Å². The normalized spacial score (nSPS) is 16.8. The molecule has 1 amide bonds. The maximum atomic E-state index is 11.9. The van der Waals surface area contributed by atoms with Crippen LogP contribution in [0.2, 0.25) is 0 Å². The van der Waals surface area contributed by atoms with Crippen molar-refractivity contribution in [1.29, 1.82) is 0 Å². The third-order valence-corrected chi connectivity index (χ3v) is 4.10. The lowest BCUT2D eigenvalue weighted by atomic mass is 10.1. The Balaban J connectivity index is 1.57. The van der Waals surface area contributed by atoms with Crippen LogP contribution in [0, 0.1) is 0 Å². The predicted octanol–water partition coefficient (Wildman–Crippen LogP) is 4.49. The zero-order valence-electron chi connectivity index (χ0n) is 14.3. The van der Waals surface area contributed by atoms with Crippen molar-refractivity contribution in [3.8, 4) is 5.75 Å². The zero-order chi connectivity index (χ0) is 18.4. The molecule has 1 aliphatic rings. The highest BCUT2D eigenvalue weighted by molar-refractivity contribution is 6.28. The van der Waals surface area contributed by atoms with Gasteiger partial charge in [0.25, 0.3) is 0 Å². The Labute approximate surface area is 157 Å². The van der Waals surface area contributed by atoms with Crippen LogP contribution in [0.25, 0.3) is 0 Å². The number of rotatable bonds is 5. The second-order valence-electron chi connectivity index (χ2n) is 5.87. The van der Waals surface area contributed by atoms with Crippen molar-refractivity contribution in [3.05, 3.63) is 77.5 Å². The van der Waals surface area contributed by atoms with Crippen LogP contribution >= 0.6 is 11.6 Å². The van der Waals surface area contributed by atoms with Gasteiger partial charge in [0.05, 0.1) is 13.2 Å². The standard InChI is InChI=1S/C20H20ClNO4/c1-15(21)26-20(23)22-11-12-24-19(13-22)17-7-9-18(10-8-17)25-14-16-5-3-2-4-6-16/h2-10,19H,1,11-14H2/t19-/m1/s1. The first-order valence-corrected chi connectivity index (χ1v) is 8.69. The second kappa shape index (κ2) is 8.74. The Bertz CT molecular complexity index is 748. The van der Waals surface area contributed by atoms with Crippen molar-refractivity contribution in [2.75, 3.05) is 19.7 Å². The van der Waals surface area contributed by atoms with E-state index in [2.05, 4.69) is 6.58 Å². The Morgan fingerprint density at radius 3 is 2.62 bits per heavy atom. The van der Waals surface area contributed by atoms with Gasteiger partial charge in [0, 0.05) is 6.54 Å². The number of hydrogen-bond acceptors (Lipinski definition) is 4. The molecule has 0 saturated carbocycles. The first-order valence-electron chi connectivity index (χ1n) is 8.31. The fourth-order valence-electron chi connectivity index (χ4n) is 2.70. The monoisotopic (exact) mass is 373 g/mol. The van der Waals surface area contributed by atoms with E-state index in [1.807, 2.05) is 54.6 Å². The highest BCUT2D eigenvalue weighted by Gasteiger charge is 2.26. The minimum absolute atomic E-state index is 0.141. The molecule has 1 aliphatic heterocycles. The molecule has 0 unspecified atom stereocenters. The van der Waals surface area contributed by atoms with Crippen LogP contribution in [0.3, 0.4) is 0 Å². The fourth-order valence-corrected chi connectivity index (χ4v) is 2.76. The van der Waals surface area contributed by atoms with Crippen LogP contribution in [0.15, 0.2) is 66.4 Å². The van der Waals surface area contributed by atoms with Crippen LogP contribution in [0.4, 0.5) is 4.79 Å². The van der Waals surface area contributed by atoms with E-state index < -0.39 is 6.09 Å². The van der Waals surface area contributed by atoms with Crippen molar-refractivity contribution in [3.63, 3.8) is 0 Å². The van der Waals surface area contributed by atoms with E-state index in [0.717, 1.165) is 16.9 Å². The molecule has 0 N–H and O–H groups in total. The van der Waals surface area contributed by atoms with Crippen molar-refractivity contribution in [2.45, 2.75) is 12.7 Å². The Hall–Kier alpha value is -2.50. The lowest BCUT2D eigenvalue weighted by Crippen LogP contribution is -2.42. The summed E-state index contributed by atoms with van der Waals surface area (Å²) < 4.78 is 16.4. The maximum absolute atomic E-state index is 11.9. The van der Waals surface area contributed by atoms with Gasteiger partial charge in [0.15, 0.2) is 5.22 Å². The van der Waals surface area contributed by atoms with Gasteiger partial charge in [-0.3, -0.25) is 0 Å². The molecule has 1 atom stereocenters. The van der Waals surface area contributed by atoms with Gasteiger partial charge < -0.3 is 19.1 Å². The Kier molecular flexibility index (Phi) is 6.15. The lowest BCUT2D eigenvalue weighted by molar-refractivity contribution is -0.0243. The molecule has 0 bridgehead atoms. The van der Waals surface area contributed by atoms with Crippen LogP contribution in [0.1, 0.15) is 17.2 Å². The molecule has 1 heterocycles. The van der Waals surface area contributed by atoms with Crippen LogP contribution in [0.5, 0.6) is 5.75 Å². The van der Waals surface area contributed by atoms with E-state index in [1.165, 1.54) is 0 Å². The molecule has 0 aliphatic carbocycles. The van der Waals surface area contributed by atoms with Gasteiger partial charge in [0.2, 0.25) is 0 Å². The summed E-state index contributed by atoms with van der Waals surface area (Å²) in [4.78, 5) is 13.5. The average Bonchev–Trinajstić information content (AvgIpc) is 2.67. The van der Waals surface area contributed by atoms with Crippen molar-refractivity contribution >= 4 is 17.7 Å². The Morgan fingerprint density at radius 2 is 1.92 bits per heavy atom. The summed E-state index contributed by atoms with van der Waals surface area (Å²) in [6.07, 6.45) is -0.732. The maximum Gasteiger partial charge on any atom is 0.416 e. The number of nitrogens with zero attached hydrogens (tertiary/aromatic N) is 1. The fraction of sp³-hybridized carbons (Fsp3) is 0.250. The number of amides is 1. The molecule has 26 heavy (non-hydrogen) atoms. The van der Waals surface area contributed by atoms with Gasteiger partial charge >= 0.3 is 6.09 Å². The quantitative estimate of drug-likeness (QED) is 0.725. The van der Waals surface area contributed by atoms with Gasteiger partial charge in [-0.15, -0.1) is 0 Å². The predicted molar refractivity (Wildman–Crippen MR) is 99.0 cm³/mol. The minimum Gasteiger partial charge on any atom is -0.489 e. The number of benzene rings is 2. The topological polar surface area (TPSA) is 48.0 Å². The summed E-state index contributed by atoms with van der Waals surface area (Å²) in [5.74, 6) is 0.781. The molecule has 5 nitrogen and oxygen atoms in total. The summed E-state index contributed by atoms with van der Waals surface area (Å²) >= 11 is 5.53. The number of carbonyl (C=O) groups excluding carboxylic acids is 1. The molecular weight excluding hydrogens is 354 g/mol. The SMILES string of the molecule is C=C(Cl)OC(=O)N1CCO[C@@H](c2ccc(OCc3ccccc3)cc2)C1. The summed E-state index contributed by atoms with van der Waals surface area (Å²) in [5, 5.41) is -0.141. The molecule has 0 spiro atoms. The number of morpholine rings is 1. The smallest absolute Gasteiger partial charge is 0.416 e. The molecule has 1 fully saturated rings. The number of hydrogen-bond donors (Lipinski definition) is 0. The largest absolute Gasteiger partial charge is 0.489 e. The van der Waals surface area contributed by atoms with E-state index in [4.69, 9.17) is 25.8 Å². The van der Waals surface area contributed by atoms with E-state index in [-0.39, 0.29) is 11.3 Å². The number of ether oxygens (including phenoxy) is 3. The molecule has 1 saturated heterocycles. The molecular formula is C20H20ClNO4. The van der Waals surface area contributed by atoms with E-state index in [9.17, 15) is 4.79 Å². The summed E-state index contributed by atoms with van der Waals surface area (Å²) in [6.45, 7) is 5.17. The molecule has 2 aromatic rings. The van der Waals surface area contributed by atoms with Crippen LogP contribution in [-0.2, 0) is 16.1 Å². The first kappa shape index (κ1) is 18.3. The van der Waals surface area contributed by atoms with Crippen molar-refractivity contribution in [2.24, 2.45) is 0 Å². The van der Waals surface area contributed by atoms with Gasteiger partial charge in [-0.25, -0.2) is 4.79 Å². The highest BCUT2D eigenvalue weighted by Crippen LogP contribution is 2.25. The molecule has 2 aromatic carbocycles. The lowest BCUT2D eigenvalue weighted by Gasteiger charge is -2.32. The van der Waals surface area contributed by atoms with Gasteiger partial charge in [-0.2, -0.15) is 0 Å². The number of halogens is 1. The third kappa shape index (κ3) is 5.00. The highest BCUT2D eigenvalue weighted by atomic mass is 35.5. The molecule has 6 heteroatoms. The average molecular weight is 374 g/mol. The van der Waals surface area contributed by atoms with Crippen molar-refractivity contribution < 1.29 is 19.0 Å². The van der Waals surface area contributed by atoms with Crippen molar-refractivity contribution in [1.82, 2.24) is 4.90 Å². The third-order valence-electron chi connectivity index (χ3n) is 4.02. The zero-order valence-corrected chi connectivity index (χ0v) is 15.0. The molecule has 136 valence electrons. The van der Waals surface area contributed by atoms with E-state index in [1.54, 1.807) is 4.90 Å². The summed E-state index contributed by atoms with van der Waals surface area (Å²) in [6, 6.07) is 17.7. The summed E-state index contributed by atoms with van der Waals surface area (Å²) in [7, 11) is 0. The van der Waals surface area contributed by atoms with Crippen LogP contribution in [-0.4, -0.2) is 30.7 Å². The second-order valence-corrected chi connectivity index (χ2v) is 6.29. The first-order chi connectivity index (χ1) is 12.6. The minimum atomic E-state index is -0.513. The number of carbonyl (C=O) groups is 1. The summed E-state index contributed by atoms with van der Waals surface area (Å²) in [5.41, 5.74) is 2.08. The molecule has 0 radical (unpaired) electrons. The Morgan fingerprint density at radius 1 is 1.19 bits per heavy atom. The van der Waals surface area contributed by atoms with Gasteiger partial charge in [0.1, 0.15) is 18.5 Å².